The number of rotatable bonds is 6. The highest BCUT2D eigenvalue weighted by molar-refractivity contribution is 5.43. The molecule has 1 saturated heterocycles. The summed E-state index contributed by atoms with van der Waals surface area (Å²) in [7, 11) is 0. The van der Waals surface area contributed by atoms with Crippen LogP contribution in [0.25, 0.3) is 0 Å². The predicted molar refractivity (Wildman–Crippen MR) is 75.9 cm³/mol. The number of likely N-dealkylation sites (tertiary alicyclic amines) is 1. The van der Waals surface area contributed by atoms with Crippen molar-refractivity contribution in [3.63, 3.8) is 0 Å². The molecule has 3 heteroatoms. The number of nitrogens with two attached hydrogens (primary N) is 1. The van der Waals surface area contributed by atoms with E-state index in [0.717, 1.165) is 37.1 Å². The Labute approximate surface area is 110 Å². The van der Waals surface area contributed by atoms with E-state index in [0.29, 0.717) is 0 Å². The highest BCUT2D eigenvalue weighted by Crippen LogP contribution is 2.20. The minimum Gasteiger partial charge on any atom is -0.493 e. The third-order valence-electron chi connectivity index (χ3n) is 3.69. The van der Waals surface area contributed by atoms with Gasteiger partial charge in [0.05, 0.1) is 6.61 Å². The zero-order valence-corrected chi connectivity index (χ0v) is 11.3. The lowest BCUT2D eigenvalue weighted by atomic mass is 10.2. The summed E-state index contributed by atoms with van der Waals surface area (Å²) in [4.78, 5) is 2.60. The third kappa shape index (κ3) is 3.64. The highest BCUT2D eigenvalue weighted by Gasteiger charge is 2.21. The first-order valence-corrected chi connectivity index (χ1v) is 7.02. The molecule has 1 unspecified atom stereocenters. The molecule has 0 amide bonds. The van der Waals surface area contributed by atoms with Gasteiger partial charge in [-0.1, -0.05) is 13.0 Å². The van der Waals surface area contributed by atoms with E-state index in [-0.39, 0.29) is 0 Å². The Kier molecular flexibility index (Phi) is 4.88. The number of hydrogen-bond acceptors (Lipinski definition) is 3. The second-order valence-corrected chi connectivity index (χ2v) is 5.01. The average Bonchev–Trinajstić information content (AvgIpc) is 2.82. The minimum atomic E-state index is 0.762. The molecule has 100 valence electrons. The lowest BCUT2D eigenvalue weighted by molar-refractivity contribution is 0.217. The lowest BCUT2D eigenvalue weighted by Gasteiger charge is -2.23. The molecule has 1 aliphatic rings. The van der Waals surface area contributed by atoms with E-state index in [2.05, 4.69) is 11.8 Å². The van der Waals surface area contributed by atoms with Crippen molar-refractivity contribution >= 4 is 5.69 Å². The van der Waals surface area contributed by atoms with Crippen LogP contribution < -0.4 is 10.5 Å². The summed E-state index contributed by atoms with van der Waals surface area (Å²) < 4.78 is 5.71. The van der Waals surface area contributed by atoms with Crippen LogP contribution in [-0.2, 0) is 0 Å². The van der Waals surface area contributed by atoms with Gasteiger partial charge in [-0.3, -0.25) is 0 Å². The molecule has 1 aliphatic heterocycles. The van der Waals surface area contributed by atoms with Crippen LogP contribution in [0, 0.1) is 0 Å². The molecule has 1 heterocycles. The molecule has 1 atom stereocenters. The summed E-state index contributed by atoms with van der Waals surface area (Å²) >= 11 is 0. The molecule has 18 heavy (non-hydrogen) atoms. The predicted octanol–water partition coefficient (Wildman–Crippen LogP) is 2.91. The Morgan fingerprint density at radius 1 is 1.44 bits per heavy atom. The van der Waals surface area contributed by atoms with Gasteiger partial charge < -0.3 is 15.4 Å². The van der Waals surface area contributed by atoms with Gasteiger partial charge >= 0.3 is 0 Å². The summed E-state index contributed by atoms with van der Waals surface area (Å²) in [5, 5.41) is 0. The molecule has 0 bridgehead atoms. The Morgan fingerprint density at radius 3 is 3.11 bits per heavy atom. The van der Waals surface area contributed by atoms with Crippen LogP contribution in [0.15, 0.2) is 24.3 Å². The van der Waals surface area contributed by atoms with E-state index in [1.54, 1.807) is 0 Å². The largest absolute Gasteiger partial charge is 0.493 e. The first-order chi connectivity index (χ1) is 8.79. The maximum absolute atomic E-state index is 5.71. The average molecular weight is 248 g/mol. The van der Waals surface area contributed by atoms with Gasteiger partial charge in [0.15, 0.2) is 0 Å². The fraction of sp³-hybridized carbons (Fsp3) is 0.600. The SMILES string of the molecule is CCC1CCCN1CCCOc1cccc(N)c1. The first-order valence-electron chi connectivity index (χ1n) is 7.02. The van der Waals surface area contributed by atoms with E-state index < -0.39 is 0 Å². The second kappa shape index (κ2) is 6.64. The quantitative estimate of drug-likeness (QED) is 0.621. The third-order valence-corrected chi connectivity index (χ3v) is 3.69. The van der Waals surface area contributed by atoms with Gasteiger partial charge in [-0.15, -0.1) is 0 Å². The van der Waals surface area contributed by atoms with E-state index >= 15 is 0 Å². The van der Waals surface area contributed by atoms with Crippen LogP contribution in [0.3, 0.4) is 0 Å². The van der Waals surface area contributed by atoms with Gasteiger partial charge in [-0.25, -0.2) is 0 Å². The summed E-state index contributed by atoms with van der Waals surface area (Å²) in [6.45, 7) is 5.47. The van der Waals surface area contributed by atoms with E-state index in [9.17, 15) is 0 Å². The summed E-state index contributed by atoms with van der Waals surface area (Å²) in [6.07, 6.45) is 5.09. The molecular formula is C15H24N2O. The van der Waals surface area contributed by atoms with Crippen molar-refractivity contribution in [3.05, 3.63) is 24.3 Å². The van der Waals surface area contributed by atoms with Crippen molar-refractivity contribution in [2.75, 3.05) is 25.4 Å². The topological polar surface area (TPSA) is 38.5 Å². The van der Waals surface area contributed by atoms with E-state index in [4.69, 9.17) is 10.5 Å². The van der Waals surface area contributed by atoms with Gasteiger partial charge in [-0.2, -0.15) is 0 Å². The van der Waals surface area contributed by atoms with E-state index in [1.165, 1.54) is 25.8 Å². The van der Waals surface area contributed by atoms with Crippen LogP contribution in [0.1, 0.15) is 32.6 Å². The van der Waals surface area contributed by atoms with Crippen LogP contribution >= 0.6 is 0 Å². The Balaban J connectivity index is 1.67. The van der Waals surface area contributed by atoms with Crippen LogP contribution in [0.2, 0.25) is 0 Å². The standard InChI is InChI=1S/C15H24N2O/c1-2-14-7-4-9-17(14)10-5-11-18-15-8-3-6-13(16)12-15/h3,6,8,12,14H,2,4-5,7,9-11,16H2,1H3. The molecule has 0 aromatic heterocycles. The molecule has 0 saturated carbocycles. The number of anilines is 1. The molecule has 2 rings (SSSR count). The highest BCUT2D eigenvalue weighted by atomic mass is 16.5. The molecule has 1 fully saturated rings. The van der Waals surface area contributed by atoms with Gasteiger partial charge in [0.25, 0.3) is 0 Å². The number of ether oxygens (including phenoxy) is 1. The Morgan fingerprint density at radius 2 is 2.33 bits per heavy atom. The van der Waals surface area contributed by atoms with Crippen LogP contribution in [0.5, 0.6) is 5.75 Å². The monoisotopic (exact) mass is 248 g/mol. The number of nitrogens with zero attached hydrogens (tertiary/aromatic N) is 1. The van der Waals surface area contributed by atoms with Crippen molar-refractivity contribution < 1.29 is 4.74 Å². The maximum Gasteiger partial charge on any atom is 0.121 e. The molecule has 3 nitrogen and oxygen atoms in total. The number of hydrogen-bond donors (Lipinski definition) is 1. The molecule has 1 aromatic carbocycles. The number of nitrogen functional groups attached to an aromatic ring is 1. The van der Waals surface area contributed by atoms with Crippen LogP contribution in [0.4, 0.5) is 5.69 Å². The van der Waals surface area contributed by atoms with Crippen LogP contribution in [-0.4, -0.2) is 30.6 Å². The Hall–Kier alpha value is -1.22. The van der Waals surface area contributed by atoms with Gasteiger partial charge in [-0.05, 0) is 44.4 Å². The zero-order chi connectivity index (χ0) is 12.8. The molecule has 0 radical (unpaired) electrons. The second-order valence-electron chi connectivity index (χ2n) is 5.01. The zero-order valence-electron chi connectivity index (χ0n) is 11.3. The molecule has 2 N–H and O–H groups in total. The first kappa shape index (κ1) is 13.2. The van der Waals surface area contributed by atoms with Crippen molar-refractivity contribution in [1.82, 2.24) is 4.90 Å². The van der Waals surface area contributed by atoms with Crippen molar-refractivity contribution in [2.45, 2.75) is 38.6 Å². The van der Waals surface area contributed by atoms with E-state index in [1.807, 2.05) is 24.3 Å². The Bertz CT molecular complexity index is 367. The van der Waals surface area contributed by atoms with Crippen molar-refractivity contribution in [3.8, 4) is 5.75 Å². The fourth-order valence-corrected chi connectivity index (χ4v) is 2.71. The smallest absolute Gasteiger partial charge is 0.121 e. The minimum absolute atomic E-state index is 0.762. The van der Waals surface area contributed by atoms with Gasteiger partial charge in [0.2, 0.25) is 0 Å². The fourth-order valence-electron chi connectivity index (χ4n) is 2.71. The van der Waals surface area contributed by atoms with Crippen molar-refractivity contribution in [1.29, 1.82) is 0 Å². The van der Waals surface area contributed by atoms with Gasteiger partial charge in [0, 0.05) is 24.3 Å². The summed E-state index contributed by atoms with van der Waals surface area (Å²) in [5.74, 6) is 0.878. The van der Waals surface area contributed by atoms with Crippen molar-refractivity contribution in [2.24, 2.45) is 0 Å². The normalized spacial score (nSPS) is 20.2. The summed E-state index contributed by atoms with van der Waals surface area (Å²) in [6, 6.07) is 8.45. The lowest BCUT2D eigenvalue weighted by Crippen LogP contribution is -2.30. The molecule has 0 spiro atoms. The number of benzene rings is 1. The summed E-state index contributed by atoms with van der Waals surface area (Å²) in [5.41, 5.74) is 6.47. The molecular weight excluding hydrogens is 224 g/mol. The molecule has 0 aliphatic carbocycles. The maximum atomic E-state index is 5.71. The van der Waals surface area contributed by atoms with Gasteiger partial charge in [0.1, 0.15) is 5.75 Å². The molecule has 1 aromatic rings.